The van der Waals surface area contributed by atoms with Gasteiger partial charge in [0, 0.05) is 6.20 Å². The second kappa shape index (κ2) is 9.50. The lowest BCUT2D eigenvalue weighted by atomic mass is 10.2. The molecule has 4 nitrogen and oxygen atoms in total. The Labute approximate surface area is 131 Å². The molecule has 0 radical (unpaired) electrons. The highest BCUT2D eigenvalue weighted by atomic mass is 19.4. The molecule has 0 spiro atoms. The monoisotopic (exact) mass is 334 g/mol. The van der Waals surface area contributed by atoms with E-state index in [0.717, 1.165) is 19.2 Å². The Morgan fingerprint density at radius 2 is 1.74 bits per heavy atom. The summed E-state index contributed by atoms with van der Waals surface area (Å²) in [6.07, 6.45) is 1.02. The number of aliphatic hydroxyl groups excluding tert-OH is 1. The van der Waals surface area contributed by atoms with Gasteiger partial charge >= 0.3 is 12.2 Å². The molecule has 0 aliphatic heterocycles. The largest absolute Gasteiger partial charge is 0.513 e. The molecule has 0 atom stereocenters. The average molecular weight is 334 g/mol. The molecule has 0 fully saturated rings. The van der Waals surface area contributed by atoms with Crippen LogP contribution in [-0.4, -0.2) is 17.3 Å². The molecule has 8 heteroatoms. The number of amides is 2. The van der Waals surface area contributed by atoms with Crippen LogP contribution in [0.15, 0.2) is 59.4 Å². The van der Waals surface area contributed by atoms with Gasteiger partial charge in [-0.15, -0.1) is 0 Å². The summed E-state index contributed by atoms with van der Waals surface area (Å²) in [6, 6.07) is -0.901. The standard InChI is InChI=1S/C15H18F4N2O2/c1-4-5-13(11(3)16)21-14(23)20-9-8-12(15(17,18)19)7-6-10(2)22/h4-9,22H,1-3H3,(H2,20,21,23)/b5-4-,9-8+,10-6+,12-7+,13-11-. The minimum Gasteiger partial charge on any atom is -0.513 e. The molecular weight excluding hydrogens is 316 g/mol. The van der Waals surface area contributed by atoms with Crippen LogP contribution in [0.3, 0.4) is 0 Å². The van der Waals surface area contributed by atoms with Gasteiger partial charge in [-0.1, -0.05) is 6.08 Å². The third-order valence-electron chi connectivity index (χ3n) is 2.26. The van der Waals surface area contributed by atoms with Gasteiger partial charge in [-0.3, -0.25) is 0 Å². The highest BCUT2D eigenvalue weighted by Crippen LogP contribution is 2.26. The molecule has 0 saturated carbocycles. The van der Waals surface area contributed by atoms with E-state index in [1.807, 2.05) is 5.32 Å². The molecule has 128 valence electrons. The third-order valence-corrected chi connectivity index (χ3v) is 2.26. The number of urea groups is 1. The van der Waals surface area contributed by atoms with E-state index in [2.05, 4.69) is 5.32 Å². The number of hydrogen-bond acceptors (Lipinski definition) is 2. The molecule has 23 heavy (non-hydrogen) atoms. The van der Waals surface area contributed by atoms with Gasteiger partial charge in [0.25, 0.3) is 0 Å². The molecule has 0 aromatic rings. The molecule has 0 aromatic heterocycles. The number of hydrogen-bond donors (Lipinski definition) is 3. The summed E-state index contributed by atoms with van der Waals surface area (Å²) in [6.45, 7) is 3.95. The summed E-state index contributed by atoms with van der Waals surface area (Å²) >= 11 is 0. The highest BCUT2D eigenvalue weighted by Gasteiger charge is 2.31. The fourth-order valence-corrected chi connectivity index (χ4v) is 1.23. The summed E-state index contributed by atoms with van der Waals surface area (Å²) in [7, 11) is 0. The molecule has 0 bridgehead atoms. The van der Waals surface area contributed by atoms with E-state index in [-0.39, 0.29) is 11.5 Å². The Hall–Kier alpha value is -2.51. The van der Waals surface area contributed by atoms with Crippen molar-refractivity contribution in [2.75, 3.05) is 0 Å². The van der Waals surface area contributed by atoms with Crippen LogP contribution in [0.5, 0.6) is 0 Å². The van der Waals surface area contributed by atoms with Crippen molar-refractivity contribution in [1.29, 1.82) is 0 Å². The van der Waals surface area contributed by atoms with Gasteiger partial charge in [0.05, 0.1) is 17.0 Å². The number of nitrogens with one attached hydrogen (secondary N) is 2. The van der Waals surface area contributed by atoms with Crippen LogP contribution in [0, 0.1) is 0 Å². The fourth-order valence-electron chi connectivity index (χ4n) is 1.23. The number of allylic oxidation sites excluding steroid dienone is 8. The second-order valence-corrected chi connectivity index (χ2v) is 4.31. The summed E-state index contributed by atoms with van der Waals surface area (Å²) < 4.78 is 51.1. The summed E-state index contributed by atoms with van der Waals surface area (Å²) in [4.78, 5) is 11.5. The van der Waals surface area contributed by atoms with Crippen molar-refractivity contribution < 1.29 is 27.5 Å². The SMILES string of the molecule is C/C=C\C(NC(=O)N/C=C/C(=C\C=C(/C)O)C(F)(F)F)=C(/C)F. The maximum absolute atomic E-state index is 13.1. The zero-order chi connectivity index (χ0) is 18.0. The van der Waals surface area contributed by atoms with Crippen LogP contribution in [0.1, 0.15) is 20.8 Å². The lowest BCUT2D eigenvalue weighted by Crippen LogP contribution is -2.31. The van der Waals surface area contributed by atoms with Crippen LogP contribution in [-0.2, 0) is 0 Å². The zero-order valence-electron chi connectivity index (χ0n) is 12.8. The summed E-state index contributed by atoms with van der Waals surface area (Å²) in [5.41, 5.74) is -1.19. The van der Waals surface area contributed by atoms with Gasteiger partial charge in [0.1, 0.15) is 5.83 Å². The quantitative estimate of drug-likeness (QED) is 0.393. The molecule has 0 aliphatic rings. The predicted molar refractivity (Wildman–Crippen MR) is 80.0 cm³/mol. The maximum Gasteiger partial charge on any atom is 0.416 e. The van der Waals surface area contributed by atoms with Gasteiger partial charge in [-0.2, -0.15) is 13.2 Å². The van der Waals surface area contributed by atoms with Crippen LogP contribution < -0.4 is 10.6 Å². The van der Waals surface area contributed by atoms with Crippen molar-refractivity contribution in [3.63, 3.8) is 0 Å². The lowest BCUT2D eigenvalue weighted by molar-refractivity contribution is -0.0882. The van der Waals surface area contributed by atoms with Crippen molar-refractivity contribution in [3.05, 3.63) is 59.4 Å². The number of alkyl halides is 3. The maximum atomic E-state index is 13.1. The first kappa shape index (κ1) is 20.5. The first-order valence-corrected chi connectivity index (χ1v) is 6.45. The fraction of sp³-hybridized carbons (Fsp3) is 0.267. The van der Waals surface area contributed by atoms with Crippen LogP contribution >= 0.6 is 0 Å². The Bertz CT molecular complexity index is 563. The Morgan fingerprint density at radius 1 is 1.13 bits per heavy atom. The van der Waals surface area contributed by atoms with Gasteiger partial charge in [0.15, 0.2) is 0 Å². The Kier molecular flexibility index (Phi) is 8.46. The molecule has 3 N–H and O–H groups in total. The van der Waals surface area contributed by atoms with Crippen LogP contribution in [0.4, 0.5) is 22.4 Å². The minimum atomic E-state index is -4.66. The van der Waals surface area contributed by atoms with E-state index in [0.29, 0.717) is 12.2 Å². The Balaban J connectivity index is 4.95. The smallest absolute Gasteiger partial charge is 0.416 e. The number of carbonyl (C=O) groups excluding carboxylic acids is 1. The van der Waals surface area contributed by atoms with Crippen molar-refractivity contribution >= 4 is 6.03 Å². The van der Waals surface area contributed by atoms with Crippen LogP contribution in [0.2, 0.25) is 0 Å². The topological polar surface area (TPSA) is 61.4 Å². The van der Waals surface area contributed by atoms with Crippen molar-refractivity contribution in [2.45, 2.75) is 26.9 Å². The van der Waals surface area contributed by atoms with Gasteiger partial charge in [-0.25, -0.2) is 9.18 Å². The van der Waals surface area contributed by atoms with E-state index >= 15 is 0 Å². The predicted octanol–water partition coefficient (Wildman–Crippen LogP) is 4.53. The lowest BCUT2D eigenvalue weighted by Gasteiger charge is -2.08. The highest BCUT2D eigenvalue weighted by molar-refractivity contribution is 5.77. The van der Waals surface area contributed by atoms with Gasteiger partial charge in [-0.05, 0) is 45.1 Å². The first-order chi connectivity index (χ1) is 10.6. The Morgan fingerprint density at radius 3 is 2.17 bits per heavy atom. The minimum absolute atomic E-state index is 0.108. The van der Waals surface area contributed by atoms with Crippen LogP contribution in [0.25, 0.3) is 0 Å². The van der Waals surface area contributed by atoms with E-state index < -0.39 is 23.6 Å². The molecule has 0 unspecified atom stereocenters. The summed E-state index contributed by atoms with van der Waals surface area (Å²) in [5, 5.41) is 13.1. The average Bonchev–Trinajstić information content (AvgIpc) is 2.40. The molecule has 0 aromatic carbocycles. The van der Waals surface area contributed by atoms with Gasteiger partial charge < -0.3 is 15.7 Å². The van der Waals surface area contributed by atoms with E-state index in [4.69, 9.17) is 5.11 Å². The molecule has 0 heterocycles. The molecule has 0 aliphatic carbocycles. The van der Waals surface area contributed by atoms with Crippen molar-refractivity contribution in [3.8, 4) is 0 Å². The van der Waals surface area contributed by atoms with Gasteiger partial charge in [0.2, 0.25) is 0 Å². The normalized spacial score (nSPS) is 15.1. The molecular formula is C15H18F4N2O2. The van der Waals surface area contributed by atoms with E-state index in [1.165, 1.54) is 19.1 Å². The van der Waals surface area contributed by atoms with Crippen molar-refractivity contribution in [2.24, 2.45) is 0 Å². The summed E-state index contributed by atoms with van der Waals surface area (Å²) in [5.74, 6) is -0.952. The number of carbonyl (C=O) groups is 1. The van der Waals surface area contributed by atoms with Crippen molar-refractivity contribution in [1.82, 2.24) is 10.6 Å². The third kappa shape index (κ3) is 9.18. The number of rotatable bonds is 5. The zero-order valence-corrected chi connectivity index (χ0v) is 12.8. The molecule has 2 amide bonds. The molecule has 0 rings (SSSR count). The van der Waals surface area contributed by atoms with E-state index in [9.17, 15) is 22.4 Å². The second-order valence-electron chi connectivity index (χ2n) is 4.31. The number of aliphatic hydroxyl groups is 1. The number of halogens is 4. The first-order valence-electron chi connectivity index (χ1n) is 6.45. The van der Waals surface area contributed by atoms with E-state index in [1.54, 1.807) is 6.92 Å². The molecule has 0 saturated heterocycles.